The summed E-state index contributed by atoms with van der Waals surface area (Å²) in [5, 5.41) is 4.70. The Morgan fingerprint density at radius 2 is 2.11 bits per heavy atom. The Hall–Kier alpha value is -1.66. The normalized spacial score (nSPS) is 11.6. The van der Waals surface area contributed by atoms with Crippen molar-refractivity contribution < 1.29 is 8.42 Å². The van der Waals surface area contributed by atoms with Gasteiger partial charge in [0.25, 0.3) is 0 Å². The van der Waals surface area contributed by atoms with Crippen LogP contribution in [0.15, 0.2) is 36.7 Å². The second kappa shape index (κ2) is 5.99. The van der Waals surface area contributed by atoms with Gasteiger partial charge in [-0.15, -0.1) is 0 Å². The average Bonchev–Trinajstić information content (AvgIpc) is 2.39. The predicted molar refractivity (Wildman–Crippen MR) is 77.7 cm³/mol. The first-order chi connectivity index (χ1) is 9.12. The van der Waals surface area contributed by atoms with Crippen LogP contribution < -0.4 is 10.0 Å². The number of benzene rings is 1. The molecule has 0 saturated carbocycles. The van der Waals surface area contributed by atoms with E-state index in [2.05, 4.69) is 15.0 Å². The van der Waals surface area contributed by atoms with Crippen LogP contribution >= 0.6 is 0 Å². The van der Waals surface area contributed by atoms with E-state index >= 15 is 0 Å². The summed E-state index contributed by atoms with van der Waals surface area (Å²) in [4.78, 5) is 4.03. The Labute approximate surface area is 113 Å². The van der Waals surface area contributed by atoms with Gasteiger partial charge in [-0.1, -0.05) is 12.1 Å². The van der Waals surface area contributed by atoms with Crippen LogP contribution in [0.3, 0.4) is 0 Å². The minimum Gasteiger partial charge on any atom is -0.320 e. The zero-order valence-corrected chi connectivity index (χ0v) is 11.6. The highest BCUT2D eigenvalue weighted by Gasteiger charge is 2.11. The van der Waals surface area contributed by atoms with Crippen molar-refractivity contribution in [1.82, 2.24) is 10.3 Å². The van der Waals surface area contributed by atoms with Crippen molar-refractivity contribution in [3.05, 3.63) is 36.7 Å². The van der Waals surface area contributed by atoms with Gasteiger partial charge < -0.3 is 5.32 Å². The third kappa shape index (κ3) is 3.65. The number of aromatic nitrogens is 1. The van der Waals surface area contributed by atoms with Crippen molar-refractivity contribution >= 4 is 26.5 Å². The fourth-order valence-corrected chi connectivity index (χ4v) is 3.00. The van der Waals surface area contributed by atoms with E-state index in [0.717, 1.165) is 10.8 Å². The molecule has 0 aliphatic carbocycles. The fraction of sp³-hybridized carbons (Fsp3) is 0.308. The molecule has 1 aromatic heterocycles. The number of sulfonamides is 1. The lowest BCUT2D eigenvalue weighted by Crippen LogP contribution is -2.20. The van der Waals surface area contributed by atoms with Crippen molar-refractivity contribution in [1.29, 1.82) is 0 Å². The van der Waals surface area contributed by atoms with Gasteiger partial charge in [-0.3, -0.25) is 9.71 Å². The molecular formula is C13H17N3O2S. The number of nitrogens with zero attached hydrogens (tertiary/aromatic N) is 1. The highest BCUT2D eigenvalue weighted by atomic mass is 32.2. The third-order valence-electron chi connectivity index (χ3n) is 2.79. The van der Waals surface area contributed by atoms with Gasteiger partial charge in [-0.2, -0.15) is 0 Å². The monoisotopic (exact) mass is 279 g/mol. The molecule has 0 radical (unpaired) electrons. The molecule has 2 rings (SSSR count). The molecule has 0 saturated heterocycles. The maximum absolute atomic E-state index is 12.0. The Morgan fingerprint density at radius 1 is 1.26 bits per heavy atom. The molecule has 1 heterocycles. The highest BCUT2D eigenvalue weighted by Crippen LogP contribution is 2.23. The third-order valence-corrected chi connectivity index (χ3v) is 4.15. The van der Waals surface area contributed by atoms with Crippen LogP contribution in [-0.4, -0.2) is 32.7 Å². The summed E-state index contributed by atoms with van der Waals surface area (Å²) in [6.45, 7) is 0.679. The van der Waals surface area contributed by atoms with Crippen LogP contribution in [0.5, 0.6) is 0 Å². The SMILES string of the molecule is CNCCCS(=O)(=O)Nc1cccc2ccncc12. The van der Waals surface area contributed by atoms with Gasteiger partial charge in [0.05, 0.1) is 11.4 Å². The molecular weight excluding hydrogens is 262 g/mol. The number of nitrogens with one attached hydrogen (secondary N) is 2. The summed E-state index contributed by atoms with van der Waals surface area (Å²) in [7, 11) is -1.51. The molecule has 0 spiro atoms. The van der Waals surface area contributed by atoms with Crippen molar-refractivity contribution in [2.45, 2.75) is 6.42 Å². The zero-order valence-electron chi connectivity index (χ0n) is 10.8. The number of fused-ring (bicyclic) bond motifs is 1. The second-order valence-electron chi connectivity index (χ2n) is 4.28. The Bertz CT molecular complexity index is 650. The van der Waals surface area contributed by atoms with Gasteiger partial charge in [-0.25, -0.2) is 8.42 Å². The Morgan fingerprint density at radius 3 is 2.89 bits per heavy atom. The van der Waals surface area contributed by atoms with Gasteiger partial charge in [0.15, 0.2) is 0 Å². The lowest BCUT2D eigenvalue weighted by molar-refractivity contribution is 0.597. The summed E-state index contributed by atoms with van der Waals surface area (Å²) in [5.74, 6) is 0.102. The van der Waals surface area contributed by atoms with E-state index in [-0.39, 0.29) is 5.75 Å². The van der Waals surface area contributed by atoms with E-state index < -0.39 is 10.0 Å². The maximum atomic E-state index is 12.0. The molecule has 19 heavy (non-hydrogen) atoms. The molecule has 0 bridgehead atoms. The number of anilines is 1. The molecule has 1 aromatic carbocycles. The average molecular weight is 279 g/mol. The largest absolute Gasteiger partial charge is 0.320 e. The Balaban J connectivity index is 2.21. The van der Waals surface area contributed by atoms with Crippen LogP contribution in [-0.2, 0) is 10.0 Å². The number of pyridine rings is 1. The van der Waals surface area contributed by atoms with Gasteiger partial charge in [0, 0.05) is 17.8 Å². The number of hydrogen-bond donors (Lipinski definition) is 2. The van der Waals surface area contributed by atoms with E-state index in [1.54, 1.807) is 25.5 Å². The predicted octanol–water partition coefficient (Wildman–Crippen LogP) is 1.59. The van der Waals surface area contributed by atoms with Gasteiger partial charge >= 0.3 is 0 Å². The van der Waals surface area contributed by atoms with Crippen molar-refractivity contribution in [3.63, 3.8) is 0 Å². The maximum Gasteiger partial charge on any atom is 0.232 e. The van der Waals surface area contributed by atoms with E-state index in [0.29, 0.717) is 18.7 Å². The highest BCUT2D eigenvalue weighted by molar-refractivity contribution is 7.92. The number of hydrogen-bond acceptors (Lipinski definition) is 4. The minimum atomic E-state index is -3.32. The summed E-state index contributed by atoms with van der Waals surface area (Å²) in [6, 6.07) is 7.36. The van der Waals surface area contributed by atoms with E-state index in [1.165, 1.54) is 0 Å². The molecule has 0 fully saturated rings. The summed E-state index contributed by atoms with van der Waals surface area (Å²) in [5.41, 5.74) is 0.579. The van der Waals surface area contributed by atoms with E-state index in [4.69, 9.17) is 0 Å². The second-order valence-corrected chi connectivity index (χ2v) is 6.12. The molecule has 0 amide bonds. The van der Waals surface area contributed by atoms with E-state index in [9.17, 15) is 8.42 Å². The summed E-state index contributed by atoms with van der Waals surface area (Å²) in [6.07, 6.45) is 3.93. The molecule has 2 aromatic rings. The molecule has 0 aliphatic rings. The molecule has 6 heteroatoms. The minimum absolute atomic E-state index is 0.102. The smallest absolute Gasteiger partial charge is 0.232 e. The molecule has 0 aliphatic heterocycles. The lowest BCUT2D eigenvalue weighted by atomic mass is 10.1. The first-order valence-electron chi connectivity index (χ1n) is 6.10. The summed E-state index contributed by atoms with van der Waals surface area (Å²) >= 11 is 0. The molecule has 102 valence electrons. The van der Waals surface area contributed by atoms with Crippen molar-refractivity contribution in [3.8, 4) is 0 Å². The van der Waals surface area contributed by atoms with Gasteiger partial charge in [0.2, 0.25) is 10.0 Å². The summed E-state index contributed by atoms with van der Waals surface area (Å²) < 4.78 is 26.5. The Kier molecular flexibility index (Phi) is 4.34. The zero-order chi connectivity index (χ0) is 13.7. The van der Waals surface area contributed by atoms with Gasteiger partial charge in [0.1, 0.15) is 0 Å². The molecule has 0 atom stereocenters. The van der Waals surface area contributed by atoms with Crippen molar-refractivity contribution in [2.24, 2.45) is 0 Å². The van der Waals surface area contributed by atoms with Crippen LogP contribution in [0.25, 0.3) is 10.8 Å². The van der Waals surface area contributed by atoms with Crippen molar-refractivity contribution in [2.75, 3.05) is 24.1 Å². The molecule has 5 nitrogen and oxygen atoms in total. The first-order valence-corrected chi connectivity index (χ1v) is 7.75. The van der Waals surface area contributed by atoms with E-state index in [1.807, 2.05) is 18.2 Å². The van der Waals surface area contributed by atoms with Gasteiger partial charge in [-0.05, 0) is 37.5 Å². The van der Waals surface area contributed by atoms with Crippen LogP contribution in [0.4, 0.5) is 5.69 Å². The first kappa shape index (κ1) is 13.8. The number of rotatable bonds is 6. The lowest BCUT2D eigenvalue weighted by Gasteiger charge is -2.10. The topological polar surface area (TPSA) is 71.1 Å². The standard InChI is InChI=1S/C13H17N3O2S/c1-14-7-3-9-19(17,18)16-13-5-2-4-11-6-8-15-10-12(11)13/h2,4-6,8,10,14,16H,3,7,9H2,1H3. The van der Waals surface area contributed by atoms with Crippen LogP contribution in [0, 0.1) is 0 Å². The quantitative estimate of drug-likeness (QED) is 0.788. The van der Waals surface area contributed by atoms with Crippen LogP contribution in [0.2, 0.25) is 0 Å². The molecule has 2 N–H and O–H groups in total. The molecule has 0 unspecified atom stereocenters. The van der Waals surface area contributed by atoms with Crippen LogP contribution in [0.1, 0.15) is 6.42 Å². The fourth-order valence-electron chi connectivity index (χ4n) is 1.86.